The maximum Gasteiger partial charge on any atom is 0.213 e. The van der Waals surface area contributed by atoms with E-state index >= 15 is 0 Å². The number of alkyl halides is 1. The number of nitrogens with zero attached hydrogens (tertiary/aromatic N) is 1. The summed E-state index contributed by atoms with van der Waals surface area (Å²) in [5, 5.41) is 1.17. The van der Waals surface area contributed by atoms with Gasteiger partial charge in [-0.1, -0.05) is 0 Å². The van der Waals surface area contributed by atoms with Crippen molar-refractivity contribution < 1.29 is 13.9 Å². The first-order chi connectivity index (χ1) is 10.3. The summed E-state index contributed by atoms with van der Waals surface area (Å²) in [7, 11) is 1.66. The van der Waals surface area contributed by atoms with Crippen molar-refractivity contribution in [2.24, 2.45) is 0 Å². The Morgan fingerprint density at radius 1 is 1.19 bits per heavy atom. The summed E-state index contributed by atoms with van der Waals surface area (Å²) in [4.78, 5) is 5.32. The lowest BCUT2D eigenvalue weighted by molar-refractivity contribution is 0.264. The standard InChI is InChI=1S/C16H14FNO2S/c1-19-13-4-2-11-8-14(21-15(11)9-13)12-3-5-16(18-10-12)20-7-6-17/h2-5,8-10H,6-7H2,1H3. The fourth-order valence-electron chi connectivity index (χ4n) is 2.04. The molecule has 3 nitrogen and oxygen atoms in total. The van der Waals surface area contributed by atoms with Crippen LogP contribution in [0, 0.1) is 0 Å². The van der Waals surface area contributed by atoms with Crippen molar-refractivity contribution in [2.75, 3.05) is 20.4 Å². The Bertz CT molecular complexity index is 740. The highest BCUT2D eigenvalue weighted by Crippen LogP contribution is 2.35. The molecule has 0 saturated heterocycles. The van der Waals surface area contributed by atoms with Gasteiger partial charge in [0.2, 0.25) is 5.88 Å². The number of rotatable bonds is 5. The molecule has 108 valence electrons. The van der Waals surface area contributed by atoms with E-state index in [4.69, 9.17) is 9.47 Å². The Labute approximate surface area is 126 Å². The predicted molar refractivity (Wildman–Crippen MR) is 83.1 cm³/mol. The van der Waals surface area contributed by atoms with Gasteiger partial charge in [-0.25, -0.2) is 9.37 Å². The number of ether oxygens (including phenoxy) is 2. The molecular formula is C16H14FNO2S. The summed E-state index contributed by atoms with van der Waals surface area (Å²) >= 11 is 1.68. The summed E-state index contributed by atoms with van der Waals surface area (Å²) < 4.78 is 23.6. The third kappa shape index (κ3) is 2.97. The second-order valence-electron chi connectivity index (χ2n) is 4.44. The van der Waals surface area contributed by atoms with Gasteiger partial charge < -0.3 is 9.47 Å². The number of halogens is 1. The van der Waals surface area contributed by atoms with Crippen molar-refractivity contribution in [2.45, 2.75) is 0 Å². The maximum atomic E-state index is 12.0. The summed E-state index contributed by atoms with van der Waals surface area (Å²) in [5.74, 6) is 1.29. The zero-order valence-corrected chi connectivity index (χ0v) is 12.3. The summed E-state index contributed by atoms with van der Waals surface area (Å²) in [6.07, 6.45) is 1.75. The highest BCUT2D eigenvalue weighted by Gasteiger charge is 2.06. The summed E-state index contributed by atoms with van der Waals surface area (Å²) in [6.45, 7) is -0.476. The van der Waals surface area contributed by atoms with Gasteiger partial charge in [0.1, 0.15) is 19.0 Å². The largest absolute Gasteiger partial charge is 0.497 e. The molecule has 1 aromatic carbocycles. The molecular weight excluding hydrogens is 289 g/mol. The van der Waals surface area contributed by atoms with Crippen molar-refractivity contribution in [3.8, 4) is 22.1 Å². The zero-order chi connectivity index (χ0) is 14.7. The van der Waals surface area contributed by atoms with Gasteiger partial charge in [0.25, 0.3) is 0 Å². The molecule has 0 spiro atoms. The number of fused-ring (bicyclic) bond motifs is 1. The van der Waals surface area contributed by atoms with E-state index in [0.717, 1.165) is 16.2 Å². The van der Waals surface area contributed by atoms with Gasteiger partial charge in [0.05, 0.1) is 7.11 Å². The van der Waals surface area contributed by atoms with E-state index in [1.54, 1.807) is 30.7 Å². The number of thiophene rings is 1. The van der Waals surface area contributed by atoms with E-state index in [1.807, 2.05) is 24.3 Å². The number of pyridine rings is 1. The van der Waals surface area contributed by atoms with Crippen molar-refractivity contribution in [1.82, 2.24) is 4.98 Å². The third-order valence-electron chi connectivity index (χ3n) is 3.08. The van der Waals surface area contributed by atoms with Crippen LogP contribution in [0.25, 0.3) is 20.5 Å². The molecule has 0 aliphatic rings. The molecule has 0 aliphatic carbocycles. The van der Waals surface area contributed by atoms with Gasteiger partial charge in [-0.15, -0.1) is 11.3 Å². The fourth-order valence-corrected chi connectivity index (χ4v) is 3.12. The Morgan fingerprint density at radius 3 is 2.81 bits per heavy atom. The van der Waals surface area contributed by atoms with Crippen LogP contribution in [0.4, 0.5) is 4.39 Å². The van der Waals surface area contributed by atoms with E-state index in [9.17, 15) is 4.39 Å². The summed E-state index contributed by atoms with van der Waals surface area (Å²) in [6, 6.07) is 11.8. The molecule has 2 aromatic heterocycles. The second-order valence-corrected chi connectivity index (χ2v) is 5.52. The normalized spacial score (nSPS) is 10.8. The van der Waals surface area contributed by atoms with Crippen LogP contribution < -0.4 is 9.47 Å². The minimum atomic E-state index is -0.512. The monoisotopic (exact) mass is 303 g/mol. The van der Waals surface area contributed by atoms with Crippen molar-refractivity contribution in [1.29, 1.82) is 0 Å². The van der Waals surface area contributed by atoms with E-state index in [-0.39, 0.29) is 6.61 Å². The quantitative estimate of drug-likeness (QED) is 0.703. The number of methoxy groups -OCH3 is 1. The Hall–Kier alpha value is -2.14. The number of hydrogen-bond acceptors (Lipinski definition) is 4. The van der Waals surface area contributed by atoms with Crippen LogP contribution in [0.1, 0.15) is 0 Å². The third-order valence-corrected chi connectivity index (χ3v) is 4.22. The first-order valence-corrected chi connectivity index (χ1v) is 7.34. The first kappa shape index (κ1) is 13.8. The topological polar surface area (TPSA) is 31.4 Å². The molecule has 0 amide bonds. The van der Waals surface area contributed by atoms with Crippen molar-refractivity contribution in [3.63, 3.8) is 0 Å². The van der Waals surface area contributed by atoms with Crippen LogP contribution in [-0.2, 0) is 0 Å². The Morgan fingerprint density at radius 2 is 2.10 bits per heavy atom. The van der Waals surface area contributed by atoms with Crippen LogP contribution >= 0.6 is 11.3 Å². The molecule has 5 heteroatoms. The van der Waals surface area contributed by atoms with Gasteiger partial charge in [-0.2, -0.15) is 0 Å². The maximum absolute atomic E-state index is 12.0. The van der Waals surface area contributed by atoms with Gasteiger partial charge >= 0.3 is 0 Å². The Balaban J connectivity index is 1.89. The highest BCUT2D eigenvalue weighted by molar-refractivity contribution is 7.22. The van der Waals surface area contributed by atoms with Gasteiger partial charge in [-0.05, 0) is 35.7 Å². The van der Waals surface area contributed by atoms with Crippen LogP contribution in [0.15, 0.2) is 42.6 Å². The molecule has 0 radical (unpaired) electrons. The van der Waals surface area contributed by atoms with Crippen molar-refractivity contribution in [3.05, 3.63) is 42.6 Å². The van der Waals surface area contributed by atoms with E-state index in [2.05, 4.69) is 11.1 Å². The van der Waals surface area contributed by atoms with Crippen LogP contribution in [0.2, 0.25) is 0 Å². The second kappa shape index (κ2) is 6.10. The zero-order valence-electron chi connectivity index (χ0n) is 11.5. The average molecular weight is 303 g/mol. The minimum absolute atomic E-state index is 0.0367. The fraction of sp³-hybridized carbons (Fsp3) is 0.188. The molecule has 3 aromatic rings. The van der Waals surface area contributed by atoms with E-state index in [0.29, 0.717) is 5.88 Å². The molecule has 0 saturated carbocycles. The molecule has 0 atom stereocenters. The molecule has 2 heterocycles. The molecule has 3 rings (SSSR count). The van der Waals surface area contributed by atoms with Gasteiger partial charge in [0, 0.05) is 27.4 Å². The lowest BCUT2D eigenvalue weighted by Crippen LogP contribution is -1.99. The van der Waals surface area contributed by atoms with Crippen LogP contribution in [0.5, 0.6) is 11.6 Å². The van der Waals surface area contributed by atoms with E-state index < -0.39 is 6.67 Å². The highest BCUT2D eigenvalue weighted by atomic mass is 32.1. The molecule has 21 heavy (non-hydrogen) atoms. The molecule has 0 unspecified atom stereocenters. The molecule has 0 bridgehead atoms. The lowest BCUT2D eigenvalue weighted by Gasteiger charge is -2.02. The first-order valence-electron chi connectivity index (χ1n) is 6.53. The van der Waals surface area contributed by atoms with Gasteiger partial charge in [0.15, 0.2) is 0 Å². The molecule has 0 N–H and O–H groups in total. The smallest absolute Gasteiger partial charge is 0.213 e. The molecule has 0 aliphatic heterocycles. The Kier molecular flexibility index (Phi) is 4.01. The predicted octanol–water partition coefficient (Wildman–Crippen LogP) is 4.32. The SMILES string of the molecule is COc1ccc2cc(-c3ccc(OCCF)nc3)sc2c1. The van der Waals surface area contributed by atoms with Crippen molar-refractivity contribution >= 4 is 21.4 Å². The van der Waals surface area contributed by atoms with E-state index in [1.165, 1.54) is 10.1 Å². The number of hydrogen-bond donors (Lipinski definition) is 0. The van der Waals surface area contributed by atoms with Gasteiger partial charge in [-0.3, -0.25) is 0 Å². The summed E-state index contributed by atoms with van der Waals surface area (Å²) in [5.41, 5.74) is 1.02. The van der Waals surface area contributed by atoms with Crippen LogP contribution in [0.3, 0.4) is 0 Å². The molecule has 0 fully saturated rings. The minimum Gasteiger partial charge on any atom is -0.497 e. The number of aromatic nitrogens is 1. The average Bonchev–Trinajstić information content (AvgIpc) is 2.96. The van der Waals surface area contributed by atoms with Crippen LogP contribution in [-0.4, -0.2) is 25.4 Å². The lowest BCUT2D eigenvalue weighted by atomic mass is 10.2. The number of benzene rings is 1.